The van der Waals surface area contributed by atoms with Crippen LogP contribution in [0.2, 0.25) is 0 Å². The van der Waals surface area contributed by atoms with Crippen LogP contribution in [0.1, 0.15) is 52.4 Å². The lowest BCUT2D eigenvalue weighted by molar-refractivity contribution is 0.0707. The summed E-state index contributed by atoms with van der Waals surface area (Å²) in [6.45, 7) is 8.67. The van der Waals surface area contributed by atoms with Crippen molar-refractivity contribution >= 4 is 0 Å². The minimum Gasteiger partial charge on any atom is -0.308 e. The Balaban J connectivity index is 1.58. The molecule has 1 saturated heterocycles. The third-order valence-corrected chi connectivity index (χ3v) is 5.26. The van der Waals surface area contributed by atoms with Crippen molar-refractivity contribution in [1.82, 2.24) is 10.2 Å². The minimum absolute atomic E-state index is 0.426. The molecule has 0 spiro atoms. The van der Waals surface area contributed by atoms with Crippen LogP contribution in [-0.4, -0.2) is 36.1 Å². The Bertz CT molecular complexity index is 270. The normalized spacial score (nSPS) is 39.5. The van der Waals surface area contributed by atoms with E-state index in [1.54, 1.807) is 0 Å². The summed E-state index contributed by atoms with van der Waals surface area (Å²) in [6, 6.07) is 0.792. The van der Waals surface area contributed by atoms with Crippen molar-refractivity contribution in [2.75, 3.05) is 19.6 Å². The van der Waals surface area contributed by atoms with Crippen LogP contribution in [0, 0.1) is 11.8 Å². The molecule has 98 valence electrons. The first kappa shape index (κ1) is 12.0. The molecule has 1 aliphatic heterocycles. The molecule has 0 bridgehead atoms. The maximum atomic E-state index is 3.85. The molecule has 2 aliphatic carbocycles. The molecule has 2 atom stereocenters. The van der Waals surface area contributed by atoms with E-state index in [1.807, 2.05) is 0 Å². The molecule has 0 aromatic rings. The molecular formula is C15H28N2. The molecule has 1 N–H and O–H groups in total. The van der Waals surface area contributed by atoms with E-state index in [9.17, 15) is 0 Å². The summed E-state index contributed by atoms with van der Waals surface area (Å²) in [6.07, 6.45) is 8.68. The molecule has 3 rings (SSSR count). The van der Waals surface area contributed by atoms with E-state index in [0.717, 1.165) is 17.9 Å². The van der Waals surface area contributed by atoms with Gasteiger partial charge >= 0.3 is 0 Å². The third kappa shape index (κ3) is 2.68. The number of piperazine rings is 1. The lowest BCUT2D eigenvalue weighted by Crippen LogP contribution is -2.63. The Labute approximate surface area is 106 Å². The average molecular weight is 236 g/mol. The maximum absolute atomic E-state index is 3.85. The Morgan fingerprint density at radius 2 is 2.00 bits per heavy atom. The summed E-state index contributed by atoms with van der Waals surface area (Å²) < 4.78 is 0. The molecule has 0 aromatic carbocycles. The molecule has 3 fully saturated rings. The molecular weight excluding hydrogens is 208 g/mol. The Hall–Kier alpha value is -0.0800. The number of hydrogen-bond donors (Lipinski definition) is 1. The molecule has 0 amide bonds. The fourth-order valence-electron chi connectivity index (χ4n) is 3.50. The van der Waals surface area contributed by atoms with Gasteiger partial charge in [0.2, 0.25) is 0 Å². The van der Waals surface area contributed by atoms with Gasteiger partial charge in [-0.15, -0.1) is 0 Å². The summed E-state index contributed by atoms with van der Waals surface area (Å²) in [5, 5.41) is 3.85. The fraction of sp³-hybridized carbons (Fsp3) is 1.00. The molecule has 2 saturated carbocycles. The third-order valence-electron chi connectivity index (χ3n) is 5.26. The van der Waals surface area contributed by atoms with Crippen molar-refractivity contribution in [3.8, 4) is 0 Å². The molecule has 2 unspecified atom stereocenters. The highest BCUT2D eigenvalue weighted by atomic mass is 15.3. The number of nitrogens with zero attached hydrogens (tertiary/aromatic N) is 1. The SMILES string of the molecule is CCC1CNC(C)(C2CC2)CN1CCC1CC1. The van der Waals surface area contributed by atoms with Crippen LogP contribution in [0.4, 0.5) is 0 Å². The van der Waals surface area contributed by atoms with E-state index in [0.29, 0.717) is 5.54 Å². The summed E-state index contributed by atoms with van der Waals surface area (Å²) in [5.41, 5.74) is 0.426. The van der Waals surface area contributed by atoms with Crippen molar-refractivity contribution in [2.24, 2.45) is 11.8 Å². The van der Waals surface area contributed by atoms with Gasteiger partial charge in [-0.2, -0.15) is 0 Å². The second-order valence-electron chi connectivity index (χ2n) is 6.84. The van der Waals surface area contributed by atoms with Crippen LogP contribution >= 0.6 is 0 Å². The van der Waals surface area contributed by atoms with Gasteiger partial charge in [0.15, 0.2) is 0 Å². The first-order valence-corrected chi connectivity index (χ1v) is 7.70. The first-order valence-electron chi connectivity index (χ1n) is 7.70. The van der Waals surface area contributed by atoms with Gasteiger partial charge in [0.1, 0.15) is 0 Å². The van der Waals surface area contributed by atoms with Crippen LogP contribution < -0.4 is 5.32 Å². The van der Waals surface area contributed by atoms with Crippen molar-refractivity contribution in [1.29, 1.82) is 0 Å². The van der Waals surface area contributed by atoms with Gasteiger partial charge in [-0.1, -0.05) is 19.8 Å². The van der Waals surface area contributed by atoms with E-state index in [4.69, 9.17) is 0 Å². The van der Waals surface area contributed by atoms with E-state index in [2.05, 4.69) is 24.1 Å². The smallest absolute Gasteiger partial charge is 0.0309 e. The van der Waals surface area contributed by atoms with Crippen molar-refractivity contribution in [2.45, 2.75) is 64.0 Å². The molecule has 0 aromatic heterocycles. The van der Waals surface area contributed by atoms with Crippen molar-refractivity contribution in [3.05, 3.63) is 0 Å². The lowest BCUT2D eigenvalue weighted by atomic mass is 9.90. The first-order chi connectivity index (χ1) is 8.21. The topological polar surface area (TPSA) is 15.3 Å². The average Bonchev–Trinajstić information content (AvgIpc) is 3.18. The summed E-state index contributed by atoms with van der Waals surface area (Å²) in [4.78, 5) is 2.80. The summed E-state index contributed by atoms with van der Waals surface area (Å²) >= 11 is 0. The zero-order valence-corrected chi connectivity index (χ0v) is 11.5. The van der Waals surface area contributed by atoms with Gasteiger partial charge in [-0.25, -0.2) is 0 Å². The number of hydrogen-bond acceptors (Lipinski definition) is 2. The molecule has 3 aliphatic rings. The second-order valence-corrected chi connectivity index (χ2v) is 6.84. The number of nitrogens with one attached hydrogen (secondary N) is 1. The predicted octanol–water partition coefficient (Wildman–Crippen LogP) is 2.64. The van der Waals surface area contributed by atoms with E-state index < -0.39 is 0 Å². The monoisotopic (exact) mass is 236 g/mol. The summed E-state index contributed by atoms with van der Waals surface area (Å²) in [7, 11) is 0. The lowest BCUT2D eigenvalue weighted by Gasteiger charge is -2.46. The quantitative estimate of drug-likeness (QED) is 0.789. The van der Waals surface area contributed by atoms with Crippen LogP contribution in [0.15, 0.2) is 0 Å². The standard InChI is InChI=1S/C15H28N2/c1-3-14-10-16-15(2,13-6-7-13)11-17(14)9-8-12-4-5-12/h12-14,16H,3-11H2,1-2H3. The number of rotatable bonds is 5. The van der Waals surface area contributed by atoms with Gasteiger partial charge < -0.3 is 5.32 Å². The van der Waals surface area contributed by atoms with Crippen LogP contribution in [0.3, 0.4) is 0 Å². The van der Waals surface area contributed by atoms with E-state index >= 15 is 0 Å². The van der Waals surface area contributed by atoms with Gasteiger partial charge in [0.05, 0.1) is 0 Å². The zero-order chi connectivity index (χ0) is 11.9. The molecule has 2 heteroatoms. The highest BCUT2D eigenvalue weighted by Gasteiger charge is 2.45. The van der Waals surface area contributed by atoms with Crippen LogP contribution in [-0.2, 0) is 0 Å². The highest BCUT2D eigenvalue weighted by molar-refractivity contribution is 5.04. The van der Waals surface area contributed by atoms with Crippen LogP contribution in [0.25, 0.3) is 0 Å². The van der Waals surface area contributed by atoms with Gasteiger partial charge in [0, 0.05) is 24.7 Å². The largest absolute Gasteiger partial charge is 0.308 e. The molecule has 17 heavy (non-hydrogen) atoms. The second kappa shape index (κ2) is 4.55. The zero-order valence-electron chi connectivity index (χ0n) is 11.5. The van der Waals surface area contributed by atoms with Crippen molar-refractivity contribution < 1.29 is 0 Å². The van der Waals surface area contributed by atoms with Gasteiger partial charge in [-0.3, -0.25) is 4.90 Å². The predicted molar refractivity (Wildman–Crippen MR) is 72.1 cm³/mol. The minimum atomic E-state index is 0.426. The maximum Gasteiger partial charge on any atom is 0.0309 e. The van der Waals surface area contributed by atoms with Crippen molar-refractivity contribution in [3.63, 3.8) is 0 Å². The summed E-state index contributed by atoms with van der Waals surface area (Å²) in [5.74, 6) is 2.04. The van der Waals surface area contributed by atoms with Gasteiger partial charge in [-0.05, 0) is 51.0 Å². The van der Waals surface area contributed by atoms with E-state index in [1.165, 1.54) is 58.2 Å². The molecule has 0 radical (unpaired) electrons. The Morgan fingerprint density at radius 1 is 1.24 bits per heavy atom. The Kier molecular flexibility index (Phi) is 3.20. The molecule has 2 nitrogen and oxygen atoms in total. The fourth-order valence-corrected chi connectivity index (χ4v) is 3.50. The highest BCUT2D eigenvalue weighted by Crippen LogP contribution is 2.42. The Morgan fingerprint density at radius 3 is 2.59 bits per heavy atom. The van der Waals surface area contributed by atoms with Crippen LogP contribution in [0.5, 0.6) is 0 Å². The van der Waals surface area contributed by atoms with E-state index in [-0.39, 0.29) is 0 Å². The molecule has 1 heterocycles. The van der Waals surface area contributed by atoms with Gasteiger partial charge in [0.25, 0.3) is 0 Å².